The number of benzene rings is 7. The highest BCUT2D eigenvalue weighted by atomic mass is 15.0. The number of aliphatic imine (C=N–C) groups is 1. The summed E-state index contributed by atoms with van der Waals surface area (Å²) in [5, 5.41) is 3.73. The van der Waals surface area contributed by atoms with Crippen LogP contribution < -0.4 is 5.73 Å². The van der Waals surface area contributed by atoms with Gasteiger partial charge in [0.15, 0.2) is 0 Å². The van der Waals surface area contributed by atoms with Crippen molar-refractivity contribution in [1.29, 1.82) is 0 Å². The first-order valence-corrected chi connectivity index (χ1v) is 15.9. The van der Waals surface area contributed by atoms with Gasteiger partial charge < -0.3 is 10.3 Å². The minimum Gasteiger partial charge on any atom is -0.383 e. The lowest BCUT2D eigenvalue weighted by Gasteiger charge is -2.09. The molecule has 0 aliphatic rings. The molecule has 2 N–H and O–H groups in total. The molecule has 7 aromatic carbocycles. The average molecular weight is 604 g/mol. The Kier molecular flexibility index (Phi) is 7.41. The van der Waals surface area contributed by atoms with Crippen molar-refractivity contribution in [3.63, 3.8) is 0 Å². The highest BCUT2D eigenvalue weighted by Gasteiger charge is 2.15. The zero-order chi connectivity index (χ0) is 31.6. The highest BCUT2D eigenvalue weighted by molar-refractivity contribution is 6.12. The molecule has 0 amide bonds. The van der Waals surface area contributed by atoms with E-state index in [2.05, 4.69) is 155 Å². The summed E-state index contributed by atoms with van der Waals surface area (Å²) in [6.45, 7) is 0.530. The Labute approximate surface area is 274 Å². The van der Waals surface area contributed by atoms with E-state index in [4.69, 9.17) is 5.73 Å². The maximum atomic E-state index is 6.27. The quantitative estimate of drug-likeness (QED) is 0.143. The Bertz CT molecular complexity index is 2380. The number of hydrogen-bond acceptors (Lipinski definition) is 1. The Morgan fingerprint density at radius 1 is 0.511 bits per heavy atom. The molecular formula is C44H33N3. The maximum absolute atomic E-state index is 6.27. The van der Waals surface area contributed by atoms with Gasteiger partial charge in [0.2, 0.25) is 0 Å². The molecule has 3 nitrogen and oxygen atoms in total. The largest absolute Gasteiger partial charge is 0.383 e. The van der Waals surface area contributed by atoms with Crippen LogP contribution in [0.3, 0.4) is 0 Å². The smallest absolute Gasteiger partial charge is 0.125 e. The van der Waals surface area contributed by atoms with Crippen LogP contribution in [0.5, 0.6) is 0 Å². The summed E-state index contributed by atoms with van der Waals surface area (Å²) in [7, 11) is 0. The molecular weight excluding hydrogens is 571 g/mol. The molecule has 3 heteroatoms. The molecule has 224 valence electrons. The third-order valence-electron chi connectivity index (χ3n) is 8.86. The van der Waals surface area contributed by atoms with Gasteiger partial charge in [0.05, 0.1) is 12.1 Å². The lowest BCUT2D eigenvalue weighted by molar-refractivity contribution is 1.06. The van der Waals surface area contributed by atoms with Crippen LogP contribution in [0, 0.1) is 0 Å². The van der Waals surface area contributed by atoms with E-state index in [9.17, 15) is 0 Å². The number of para-hydroxylation sites is 1. The van der Waals surface area contributed by atoms with Gasteiger partial charge in [-0.1, -0.05) is 140 Å². The van der Waals surface area contributed by atoms with Crippen LogP contribution in [0.25, 0.3) is 60.7 Å². The molecule has 0 spiro atoms. The van der Waals surface area contributed by atoms with Crippen LogP contribution in [-0.2, 0) is 6.54 Å². The van der Waals surface area contributed by atoms with Gasteiger partial charge >= 0.3 is 0 Å². The van der Waals surface area contributed by atoms with E-state index < -0.39 is 0 Å². The number of nitrogens with two attached hydrogens (primary N) is 1. The molecule has 47 heavy (non-hydrogen) atoms. The molecule has 0 atom stereocenters. The number of amidine groups is 1. The Morgan fingerprint density at radius 3 is 1.85 bits per heavy atom. The van der Waals surface area contributed by atoms with Crippen LogP contribution in [0.1, 0.15) is 11.1 Å². The molecule has 0 aliphatic carbocycles. The van der Waals surface area contributed by atoms with E-state index in [1.165, 1.54) is 49.5 Å². The third-order valence-corrected chi connectivity index (χ3v) is 8.86. The zero-order valence-corrected chi connectivity index (χ0v) is 25.9. The lowest BCUT2D eigenvalue weighted by atomic mass is 9.95. The number of hydrogen-bond donors (Lipinski definition) is 1. The number of rotatable bonds is 7. The summed E-state index contributed by atoms with van der Waals surface area (Å²) < 4.78 is 2.34. The van der Waals surface area contributed by atoms with Crippen molar-refractivity contribution < 1.29 is 0 Å². The Hall–Kier alpha value is -6.19. The summed E-state index contributed by atoms with van der Waals surface area (Å²) in [6.07, 6.45) is 2.29. The summed E-state index contributed by atoms with van der Waals surface area (Å²) >= 11 is 0. The van der Waals surface area contributed by atoms with Crippen molar-refractivity contribution >= 4 is 27.5 Å². The third kappa shape index (κ3) is 5.60. The van der Waals surface area contributed by atoms with E-state index in [0.29, 0.717) is 12.4 Å². The van der Waals surface area contributed by atoms with Gasteiger partial charge in [-0.2, -0.15) is 0 Å². The summed E-state index contributed by atoms with van der Waals surface area (Å²) in [5.41, 5.74) is 17.8. The standard InChI is InChI=1S/C44H33N3/c45-44(33-14-3-1-4-15-33)46-29-31-12-9-16-34(26-31)35-17-10-18-36(27-35)37-19-11-20-38(28-37)42-30-47(39-21-5-2-6-22-39)43-40-23-8-7-13-32(40)24-25-41(42)43/h1-28,30H,29H2,(H2,45,46). The summed E-state index contributed by atoms with van der Waals surface area (Å²) in [5.74, 6) is 0.554. The van der Waals surface area contributed by atoms with Gasteiger partial charge in [0.25, 0.3) is 0 Å². The van der Waals surface area contributed by atoms with Gasteiger partial charge in [-0.3, -0.25) is 4.99 Å². The number of aromatic nitrogens is 1. The van der Waals surface area contributed by atoms with Gasteiger partial charge in [0.1, 0.15) is 5.84 Å². The second-order valence-corrected chi connectivity index (χ2v) is 11.9. The molecule has 8 rings (SSSR count). The molecule has 8 aromatic rings. The van der Waals surface area contributed by atoms with Crippen LogP contribution in [0.4, 0.5) is 0 Å². The first-order chi connectivity index (χ1) is 23.2. The maximum Gasteiger partial charge on any atom is 0.125 e. The van der Waals surface area contributed by atoms with Crippen molar-refractivity contribution in [3.8, 4) is 39.1 Å². The molecule has 0 bridgehead atoms. The van der Waals surface area contributed by atoms with Gasteiger partial charge in [-0.05, 0) is 69.1 Å². The minimum absolute atomic E-state index is 0.530. The first-order valence-electron chi connectivity index (χ1n) is 15.9. The fourth-order valence-electron chi connectivity index (χ4n) is 6.49. The SMILES string of the molecule is NC(=NCc1cccc(-c2cccc(-c3cccc(-c4cn(-c5ccccc5)c5c4ccc4ccccc45)c3)c2)c1)c1ccccc1. The average Bonchev–Trinajstić information content (AvgIpc) is 3.55. The molecule has 0 saturated heterocycles. The van der Waals surface area contributed by atoms with E-state index in [0.717, 1.165) is 22.4 Å². The lowest BCUT2D eigenvalue weighted by Crippen LogP contribution is -2.13. The van der Waals surface area contributed by atoms with Crippen molar-refractivity contribution in [2.75, 3.05) is 0 Å². The number of nitrogens with zero attached hydrogens (tertiary/aromatic N) is 2. The van der Waals surface area contributed by atoms with Crippen molar-refractivity contribution in [2.45, 2.75) is 6.54 Å². The fraction of sp³-hybridized carbons (Fsp3) is 0.0227. The van der Waals surface area contributed by atoms with Crippen LogP contribution in [0.15, 0.2) is 181 Å². The van der Waals surface area contributed by atoms with Crippen LogP contribution in [-0.4, -0.2) is 10.4 Å². The van der Waals surface area contributed by atoms with Crippen molar-refractivity contribution in [2.24, 2.45) is 10.7 Å². The molecule has 0 fully saturated rings. The first kappa shape index (κ1) is 28.3. The second kappa shape index (κ2) is 12.3. The fourth-order valence-corrected chi connectivity index (χ4v) is 6.49. The second-order valence-electron chi connectivity index (χ2n) is 11.9. The van der Waals surface area contributed by atoms with Crippen LogP contribution in [0.2, 0.25) is 0 Å². The van der Waals surface area contributed by atoms with E-state index in [1.54, 1.807) is 0 Å². The Morgan fingerprint density at radius 2 is 1.11 bits per heavy atom. The summed E-state index contributed by atoms with van der Waals surface area (Å²) in [4.78, 5) is 4.66. The highest BCUT2D eigenvalue weighted by Crippen LogP contribution is 2.38. The molecule has 0 unspecified atom stereocenters. The molecule has 0 saturated carbocycles. The predicted octanol–water partition coefficient (Wildman–Crippen LogP) is 10.7. The molecule has 1 heterocycles. The van der Waals surface area contributed by atoms with Gasteiger partial charge in [-0.15, -0.1) is 0 Å². The predicted molar refractivity (Wildman–Crippen MR) is 198 cm³/mol. The monoisotopic (exact) mass is 603 g/mol. The van der Waals surface area contributed by atoms with E-state index in [-0.39, 0.29) is 0 Å². The molecule has 1 aromatic heterocycles. The summed E-state index contributed by atoms with van der Waals surface area (Å²) in [6, 6.07) is 59.9. The topological polar surface area (TPSA) is 43.3 Å². The number of fused-ring (bicyclic) bond motifs is 3. The van der Waals surface area contributed by atoms with Crippen molar-refractivity contribution in [1.82, 2.24) is 4.57 Å². The molecule has 0 radical (unpaired) electrons. The van der Waals surface area contributed by atoms with E-state index >= 15 is 0 Å². The van der Waals surface area contributed by atoms with E-state index in [1.807, 2.05) is 30.3 Å². The molecule has 0 aliphatic heterocycles. The van der Waals surface area contributed by atoms with Crippen LogP contribution >= 0.6 is 0 Å². The normalized spacial score (nSPS) is 11.7. The Balaban J connectivity index is 1.15. The minimum atomic E-state index is 0.530. The van der Waals surface area contributed by atoms with Crippen molar-refractivity contribution in [3.05, 3.63) is 187 Å². The van der Waals surface area contributed by atoms with Gasteiger partial charge in [0, 0.05) is 33.8 Å². The van der Waals surface area contributed by atoms with Gasteiger partial charge in [-0.25, -0.2) is 0 Å². The zero-order valence-electron chi connectivity index (χ0n) is 25.9.